The number of nitrogens with two attached hydrogens (primary N) is 1. The number of nitrogen functional groups attached to an aromatic ring is 1. The van der Waals surface area contributed by atoms with Crippen LogP contribution in [0.2, 0.25) is 4.34 Å². The highest BCUT2D eigenvalue weighted by atomic mass is 35.5. The molecule has 0 bridgehead atoms. The van der Waals surface area contributed by atoms with Gasteiger partial charge >= 0.3 is 0 Å². The van der Waals surface area contributed by atoms with Crippen molar-refractivity contribution >= 4 is 28.6 Å². The van der Waals surface area contributed by atoms with Crippen LogP contribution in [0.4, 0.5) is 5.69 Å². The first-order valence-electron chi connectivity index (χ1n) is 4.28. The Bertz CT molecular complexity index is 462. The number of thiophene rings is 1. The van der Waals surface area contributed by atoms with Gasteiger partial charge in [-0.05, 0) is 31.2 Å². The number of halogens is 1. The van der Waals surface area contributed by atoms with Crippen LogP contribution >= 0.6 is 22.9 Å². The summed E-state index contributed by atoms with van der Waals surface area (Å²) in [7, 11) is 0. The van der Waals surface area contributed by atoms with E-state index in [9.17, 15) is 0 Å². The normalized spacial score (nSPS) is 10.4. The molecule has 3 heteroatoms. The summed E-state index contributed by atoms with van der Waals surface area (Å²) in [6.45, 7) is 2.05. The largest absolute Gasteiger partial charge is 0.398 e. The van der Waals surface area contributed by atoms with Gasteiger partial charge in [0.2, 0.25) is 0 Å². The quantitative estimate of drug-likeness (QED) is 0.728. The Hall–Kier alpha value is -0.990. The Morgan fingerprint density at radius 3 is 2.64 bits per heavy atom. The number of benzene rings is 1. The summed E-state index contributed by atoms with van der Waals surface area (Å²) in [5.74, 6) is 0. The van der Waals surface area contributed by atoms with E-state index < -0.39 is 0 Å². The molecule has 2 rings (SSSR count). The van der Waals surface area contributed by atoms with Crippen molar-refractivity contribution in [1.29, 1.82) is 0 Å². The standard InChI is InChI=1S/C11H10ClNS/c1-7-2-3-9(13)8(6-7)10-4-5-11(12)14-10/h2-6H,13H2,1H3. The topological polar surface area (TPSA) is 26.0 Å². The van der Waals surface area contributed by atoms with E-state index in [0.717, 1.165) is 20.5 Å². The maximum Gasteiger partial charge on any atom is 0.0934 e. The van der Waals surface area contributed by atoms with Gasteiger partial charge in [0.15, 0.2) is 0 Å². The predicted octanol–water partition coefficient (Wildman–Crippen LogP) is 3.96. The van der Waals surface area contributed by atoms with Crippen molar-refractivity contribution in [2.45, 2.75) is 6.92 Å². The minimum atomic E-state index is 0.793. The third kappa shape index (κ3) is 1.76. The lowest BCUT2D eigenvalue weighted by atomic mass is 10.1. The fraction of sp³-hybridized carbons (Fsp3) is 0.0909. The molecule has 1 heterocycles. The first-order valence-corrected chi connectivity index (χ1v) is 5.48. The fourth-order valence-corrected chi connectivity index (χ4v) is 2.42. The van der Waals surface area contributed by atoms with Gasteiger partial charge in [-0.25, -0.2) is 0 Å². The zero-order chi connectivity index (χ0) is 10.1. The van der Waals surface area contributed by atoms with E-state index in [1.165, 1.54) is 5.56 Å². The van der Waals surface area contributed by atoms with E-state index in [2.05, 4.69) is 13.0 Å². The first-order chi connectivity index (χ1) is 6.66. The van der Waals surface area contributed by atoms with Crippen LogP contribution in [0.1, 0.15) is 5.56 Å². The van der Waals surface area contributed by atoms with Crippen LogP contribution in [-0.2, 0) is 0 Å². The third-order valence-corrected chi connectivity index (χ3v) is 3.31. The van der Waals surface area contributed by atoms with Crippen LogP contribution in [0.25, 0.3) is 10.4 Å². The molecule has 0 spiro atoms. The zero-order valence-corrected chi connectivity index (χ0v) is 9.32. The Morgan fingerprint density at radius 1 is 1.21 bits per heavy atom. The number of rotatable bonds is 1. The average Bonchev–Trinajstić information content (AvgIpc) is 2.56. The Kier molecular flexibility index (Phi) is 2.48. The van der Waals surface area contributed by atoms with Crippen LogP contribution in [0.5, 0.6) is 0 Å². The van der Waals surface area contributed by atoms with Crippen molar-refractivity contribution < 1.29 is 0 Å². The predicted molar refractivity (Wildman–Crippen MR) is 63.9 cm³/mol. The minimum absolute atomic E-state index is 0.793. The maximum atomic E-state index is 5.89. The molecule has 0 fully saturated rings. The number of anilines is 1. The van der Waals surface area contributed by atoms with Crippen molar-refractivity contribution in [3.8, 4) is 10.4 Å². The lowest BCUT2D eigenvalue weighted by Crippen LogP contribution is -1.88. The molecule has 0 saturated carbocycles. The van der Waals surface area contributed by atoms with Gasteiger partial charge < -0.3 is 5.73 Å². The van der Waals surface area contributed by atoms with Crippen molar-refractivity contribution in [1.82, 2.24) is 0 Å². The summed E-state index contributed by atoms with van der Waals surface area (Å²) in [6.07, 6.45) is 0. The summed E-state index contributed by atoms with van der Waals surface area (Å²) >= 11 is 7.43. The number of hydrogen-bond acceptors (Lipinski definition) is 2. The molecular weight excluding hydrogens is 214 g/mol. The summed E-state index contributed by atoms with van der Waals surface area (Å²) < 4.78 is 0.793. The smallest absolute Gasteiger partial charge is 0.0934 e. The summed E-state index contributed by atoms with van der Waals surface area (Å²) in [5, 5.41) is 0. The monoisotopic (exact) mass is 223 g/mol. The lowest BCUT2D eigenvalue weighted by Gasteiger charge is -2.03. The van der Waals surface area contributed by atoms with Crippen molar-refractivity contribution in [3.05, 3.63) is 40.2 Å². The molecule has 0 radical (unpaired) electrons. The molecule has 0 amide bonds. The second-order valence-electron chi connectivity index (χ2n) is 3.19. The molecule has 0 saturated heterocycles. The van der Waals surface area contributed by atoms with Gasteiger partial charge in [0.05, 0.1) is 4.34 Å². The van der Waals surface area contributed by atoms with Crippen LogP contribution in [-0.4, -0.2) is 0 Å². The highest BCUT2D eigenvalue weighted by Crippen LogP contribution is 2.34. The van der Waals surface area contributed by atoms with Gasteiger partial charge in [-0.1, -0.05) is 23.2 Å². The summed E-state index contributed by atoms with van der Waals surface area (Å²) in [6, 6.07) is 9.91. The molecule has 0 unspecified atom stereocenters. The Balaban J connectivity index is 2.55. The third-order valence-electron chi connectivity index (χ3n) is 2.05. The molecular formula is C11H10ClNS. The van der Waals surface area contributed by atoms with E-state index in [-0.39, 0.29) is 0 Å². The molecule has 1 aromatic heterocycles. The van der Waals surface area contributed by atoms with E-state index in [0.29, 0.717) is 0 Å². The van der Waals surface area contributed by atoms with Gasteiger partial charge in [0, 0.05) is 16.1 Å². The molecule has 1 nitrogen and oxygen atoms in total. The molecule has 2 aromatic rings. The summed E-state index contributed by atoms with van der Waals surface area (Å²) in [5.41, 5.74) is 8.97. The van der Waals surface area contributed by atoms with Crippen molar-refractivity contribution in [2.24, 2.45) is 0 Å². The SMILES string of the molecule is Cc1ccc(N)c(-c2ccc(Cl)s2)c1. The van der Waals surface area contributed by atoms with Gasteiger partial charge in [-0.2, -0.15) is 0 Å². The van der Waals surface area contributed by atoms with E-state index >= 15 is 0 Å². The second kappa shape index (κ2) is 3.64. The molecule has 0 atom stereocenters. The summed E-state index contributed by atoms with van der Waals surface area (Å²) in [4.78, 5) is 1.12. The highest BCUT2D eigenvalue weighted by Gasteiger charge is 2.05. The highest BCUT2D eigenvalue weighted by molar-refractivity contribution is 7.19. The van der Waals surface area contributed by atoms with E-state index in [4.69, 9.17) is 17.3 Å². The molecule has 72 valence electrons. The number of hydrogen-bond donors (Lipinski definition) is 1. The fourth-order valence-electron chi connectivity index (χ4n) is 1.34. The minimum Gasteiger partial charge on any atom is -0.398 e. The number of aryl methyl sites for hydroxylation is 1. The van der Waals surface area contributed by atoms with Crippen LogP contribution in [0.3, 0.4) is 0 Å². The zero-order valence-electron chi connectivity index (χ0n) is 7.75. The lowest BCUT2D eigenvalue weighted by molar-refractivity contribution is 1.48. The van der Waals surface area contributed by atoms with Crippen LogP contribution < -0.4 is 5.73 Å². The van der Waals surface area contributed by atoms with Crippen LogP contribution in [0.15, 0.2) is 30.3 Å². The van der Waals surface area contributed by atoms with Gasteiger partial charge in [0.25, 0.3) is 0 Å². The molecule has 14 heavy (non-hydrogen) atoms. The molecule has 1 aromatic carbocycles. The van der Waals surface area contributed by atoms with Gasteiger partial charge in [0.1, 0.15) is 0 Å². The average molecular weight is 224 g/mol. The molecule has 0 aliphatic rings. The van der Waals surface area contributed by atoms with E-state index in [1.807, 2.05) is 24.3 Å². The Morgan fingerprint density at radius 2 is 2.00 bits per heavy atom. The second-order valence-corrected chi connectivity index (χ2v) is 4.91. The van der Waals surface area contributed by atoms with Crippen molar-refractivity contribution in [3.63, 3.8) is 0 Å². The Labute approximate surface area is 92.1 Å². The first kappa shape index (κ1) is 9.56. The molecule has 0 aliphatic carbocycles. The van der Waals surface area contributed by atoms with Gasteiger partial charge in [-0.15, -0.1) is 11.3 Å². The van der Waals surface area contributed by atoms with Crippen LogP contribution in [0, 0.1) is 6.92 Å². The van der Waals surface area contributed by atoms with Crippen molar-refractivity contribution in [2.75, 3.05) is 5.73 Å². The van der Waals surface area contributed by atoms with Gasteiger partial charge in [-0.3, -0.25) is 0 Å². The molecule has 2 N–H and O–H groups in total. The maximum absolute atomic E-state index is 5.89. The van der Waals surface area contributed by atoms with E-state index in [1.54, 1.807) is 11.3 Å². The molecule has 0 aliphatic heterocycles.